The zero-order valence-electron chi connectivity index (χ0n) is 90.5. The molecule has 0 bridgehead atoms. The number of rotatable bonds is 49. The standard InChI is InChI=1S/C16H37N3.C14H33N3.C14H32N2.C12H28N2.2C11H26N2.2C10H24N2/c1-8-17(9-2)12-14-19(16(5,6)7)15-13-18(10-3)11-4;1-14(2,3)17(12-8-10-15(4)5)13-9-11-16(6)7;1-8-15(12-13(3)4)10-11-16(9-2)14(5,6)7;1-7-13(8-2)10-11-14(9-3)12(4,5)6;1-7-12(5)9-8-10-13(6)11(2,3)4;1-7-13(8-2)10-9-12(6)11(3,4)5;1-10(2,3)12(6)9-7-8-11(4)5;1-7-11(5)8-9-12(6)10(2,3)4/h8-15H2,1-7H3;8-13H2,1-7H3;13H,8-12H2,1-7H3;7-11H2,1-6H3;2*7-10H2,1-6H3;2*7-9H2,1-6H3. The molecule has 0 aliphatic carbocycles. The second-order valence-corrected chi connectivity index (χ2v) is 42.2. The maximum atomic E-state index is 2.63. The Kier molecular flexibility index (Phi) is 81.7. The third kappa shape index (κ3) is 82.9. The van der Waals surface area contributed by atoms with Crippen LogP contribution in [0.5, 0.6) is 0 Å². The van der Waals surface area contributed by atoms with Crippen LogP contribution in [0, 0.1) is 5.92 Å². The number of hydrogen-bond donors (Lipinski definition) is 0. The minimum Gasteiger partial charge on any atom is -0.309 e. The van der Waals surface area contributed by atoms with Crippen molar-refractivity contribution in [1.29, 1.82) is 0 Å². The molecule has 0 amide bonds. The fraction of sp³-hybridized carbons (Fsp3) is 1.00. The van der Waals surface area contributed by atoms with Gasteiger partial charge in [-0.2, -0.15) is 0 Å². The molecule has 0 saturated carbocycles. The SMILES string of the molecule is CCN(C)CCCN(C)C(C)(C)C.CCN(C)CCN(C)C(C)(C)C.CCN(CC)CCN(C)C(C)(C)C.CCN(CC)CCN(CC)C(C)(C)C.CCN(CC)CCN(CCN(CC)CC)C(C)(C)C.CCN(CCN(CC)C(C)(C)C)CC(C)C.CN(C)CCCN(C)C(C)(C)C.CN(C)CCCN(CCCN(C)C)C(C)(C)C. The predicted molar refractivity (Wildman–Crippen MR) is 535 cm³/mol. The molecule has 18 heteroatoms. The molecule has 0 aromatic rings. The van der Waals surface area contributed by atoms with E-state index in [-0.39, 0.29) is 5.54 Å². The van der Waals surface area contributed by atoms with E-state index in [9.17, 15) is 0 Å². The minimum absolute atomic E-state index is 0.264. The van der Waals surface area contributed by atoms with Crippen molar-refractivity contribution in [3.05, 3.63) is 0 Å². The molecule has 0 aromatic heterocycles. The molecular weight excluding hydrogens is 1430 g/mol. The summed E-state index contributed by atoms with van der Waals surface area (Å²) in [7, 11) is 25.9. The Morgan fingerprint density at radius 1 is 0.172 bits per heavy atom. The molecule has 0 N–H and O–H groups in total. The van der Waals surface area contributed by atoms with Crippen LogP contribution in [-0.2, 0) is 0 Å². The lowest BCUT2D eigenvalue weighted by Crippen LogP contribution is -2.48. The van der Waals surface area contributed by atoms with Crippen molar-refractivity contribution < 1.29 is 0 Å². The molecule has 0 fully saturated rings. The highest BCUT2D eigenvalue weighted by Crippen LogP contribution is 2.19. The van der Waals surface area contributed by atoms with E-state index in [0.717, 1.165) is 104 Å². The summed E-state index contributed by atoms with van der Waals surface area (Å²) in [6, 6.07) is 0. The molecule has 0 aromatic carbocycles. The monoisotopic (exact) mass is 1660 g/mol. The van der Waals surface area contributed by atoms with Crippen LogP contribution < -0.4 is 0 Å². The van der Waals surface area contributed by atoms with Crippen LogP contribution in [0.15, 0.2) is 0 Å². The molecule has 0 radical (unpaired) electrons. The highest BCUT2D eigenvalue weighted by Gasteiger charge is 2.26. The third-order valence-corrected chi connectivity index (χ3v) is 23.4. The number of nitrogens with zero attached hydrogens (tertiary/aromatic N) is 18. The zero-order chi connectivity index (χ0) is 92.8. The second kappa shape index (κ2) is 72.4. The van der Waals surface area contributed by atoms with Crippen LogP contribution in [0.1, 0.15) is 296 Å². The lowest BCUT2D eigenvalue weighted by molar-refractivity contribution is 0.102. The Labute approximate surface area is 737 Å². The second-order valence-electron chi connectivity index (χ2n) is 42.2. The first kappa shape index (κ1) is 131. The first-order chi connectivity index (χ1) is 52.9. The van der Waals surface area contributed by atoms with Gasteiger partial charge in [0.05, 0.1) is 0 Å². The van der Waals surface area contributed by atoms with Gasteiger partial charge in [-0.1, -0.05) is 104 Å². The van der Waals surface area contributed by atoms with Gasteiger partial charge in [-0.3, -0.25) is 19.6 Å². The highest BCUT2D eigenvalue weighted by atomic mass is 15.3. The fourth-order valence-electron chi connectivity index (χ4n) is 12.2. The average molecular weight is 1660 g/mol. The maximum absolute atomic E-state index is 2.63. The maximum Gasteiger partial charge on any atom is 0.0126 e. The Balaban J connectivity index is -0.000000192. The van der Waals surface area contributed by atoms with Crippen molar-refractivity contribution in [2.24, 2.45) is 5.92 Å². The molecule has 18 nitrogen and oxygen atoms in total. The van der Waals surface area contributed by atoms with Crippen molar-refractivity contribution >= 4 is 0 Å². The molecular formula is C98H230N18. The molecule has 0 heterocycles. The summed E-state index contributed by atoms with van der Waals surface area (Å²) in [6.45, 7) is 128. The molecule has 0 aliphatic rings. The van der Waals surface area contributed by atoms with E-state index in [4.69, 9.17) is 0 Å². The van der Waals surface area contributed by atoms with Gasteiger partial charge >= 0.3 is 0 Å². The van der Waals surface area contributed by atoms with E-state index in [1.807, 2.05) is 0 Å². The van der Waals surface area contributed by atoms with Gasteiger partial charge in [0.2, 0.25) is 0 Å². The first-order valence-electron chi connectivity index (χ1n) is 47.7. The van der Waals surface area contributed by atoms with Gasteiger partial charge in [0, 0.05) is 129 Å². The Bertz CT molecular complexity index is 1990. The van der Waals surface area contributed by atoms with Crippen LogP contribution in [0.25, 0.3) is 0 Å². The quantitative estimate of drug-likeness (QED) is 0.0580. The van der Waals surface area contributed by atoms with E-state index in [2.05, 4.69) is 443 Å². The molecule has 0 aliphatic heterocycles. The lowest BCUT2D eigenvalue weighted by atomic mass is 10.1. The first-order valence-corrected chi connectivity index (χ1v) is 47.7. The van der Waals surface area contributed by atoms with Crippen molar-refractivity contribution in [2.45, 2.75) is 340 Å². The molecule has 0 spiro atoms. The van der Waals surface area contributed by atoms with Crippen LogP contribution in [0.2, 0.25) is 0 Å². The predicted octanol–water partition coefficient (Wildman–Crippen LogP) is 17.7. The summed E-state index contributed by atoms with van der Waals surface area (Å²) in [4.78, 5) is 43.9. The normalized spacial score (nSPS) is 13.0. The van der Waals surface area contributed by atoms with E-state index in [0.29, 0.717) is 38.8 Å². The number of hydrogen-bond acceptors (Lipinski definition) is 18. The number of likely N-dealkylation sites (N-methyl/N-ethyl adjacent to an activating group) is 10. The van der Waals surface area contributed by atoms with Gasteiger partial charge in [0.15, 0.2) is 0 Å². The van der Waals surface area contributed by atoms with Gasteiger partial charge in [-0.15, -0.1) is 0 Å². The smallest absolute Gasteiger partial charge is 0.0126 e. The van der Waals surface area contributed by atoms with Crippen LogP contribution in [-0.4, -0.2) is 440 Å². The molecule has 712 valence electrons. The summed E-state index contributed by atoms with van der Waals surface area (Å²) in [5, 5.41) is 0. The van der Waals surface area contributed by atoms with Gasteiger partial charge in [-0.25, -0.2) is 0 Å². The van der Waals surface area contributed by atoms with Gasteiger partial charge in [0.1, 0.15) is 0 Å². The molecule has 0 unspecified atom stereocenters. The highest BCUT2D eigenvalue weighted by molar-refractivity contribution is 4.82. The topological polar surface area (TPSA) is 58.3 Å². The molecule has 0 saturated heterocycles. The Morgan fingerprint density at radius 3 is 0.586 bits per heavy atom. The molecule has 116 heavy (non-hydrogen) atoms. The van der Waals surface area contributed by atoms with Crippen molar-refractivity contribution in [3.63, 3.8) is 0 Å². The third-order valence-electron chi connectivity index (χ3n) is 23.4. The Morgan fingerprint density at radius 2 is 0.371 bits per heavy atom. The van der Waals surface area contributed by atoms with Crippen molar-refractivity contribution in [1.82, 2.24) is 88.2 Å². The largest absolute Gasteiger partial charge is 0.309 e. The average Bonchev–Trinajstić information content (AvgIpc) is 0.896. The van der Waals surface area contributed by atoms with E-state index in [1.54, 1.807) is 0 Å². The van der Waals surface area contributed by atoms with Crippen molar-refractivity contribution in [2.75, 3.05) is 307 Å². The summed E-state index contributed by atoms with van der Waals surface area (Å²) in [5.74, 6) is 0.768. The van der Waals surface area contributed by atoms with Gasteiger partial charge in [-0.05, 0) is 420 Å². The molecule has 0 rings (SSSR count). The molecule has 0 atom stereocenters. The zero-order valence-corrected chi connectivity index (χ0v) is 90.5. The Hall–Kier alpha value is -0.720. The summed E-state index contributed by atoms with van der Waals surface area (Å²) >= 11 is 0. The van der Waals surface area contributed by atoms with Crippen LogP contribution in [0.4, 0.5) is 0 Å². The van der Waals surface area contributed by atoms with Crippen LogP contribution >= 0.6 is 0 Å². The van der Waals surface area contributed by atoms with Gasteiger partial charge in [0.25, 0.3) is 0 Å². The van der Waals surface area contributed by atoms with E-state index in [1.165, 1.54) is 150 Å². The fourth-order valence-corrected chi connectivity index (χ4v) is 12.2. The summed E-state index contributed by atoms with van der Waals surface area (Å²) in [6.07, 6.45) is 5.03. The summed E-state index contributed by atoms with van der Waals surface area (Å²) < 4.78 is 0. The van der Waals surface area contributed by atoms with Gasteiger partial charge < -0.3 is 68.6 Å². The summed E-state index contributed by atoms with van der Waals surface area (Å²) in [5.41, 5.74) is 2.38. The van der Waals surface area contributed by atoms with E-state index < -0.39 is 0 Å². The lowest BCUT2D eigenvalue weighted by Gasteiger charge is -2.38. The van der Waals surface area contributed by atoms with E-state index >= 15 is 0 Å². The van der Waals surface area contributed by atoms with Crippen molar-refractivity contribution in [3.8, 4) is 0 Å². The minimum atomic E-state index is 0.264. The van der Waals surface area contributed by atoms with Crippen LogP contribution in [0.3, 0.4) is 0 Å².